The van der Waals surface area contributed by atoms with Crippen LogP contribution in [0.5, 0.6) is 0 Å². The van der Waals surface area contributed by atoms with Crippen LogP contribution in [0, 0.1) is 11.8 Å². The molecule has 0 aliphatic rings. The minimum absolute atomic E-state index is 0.102. The van der Waals surface area contributed by atoms with Crippen LogP contribution in [0.25, 0.3) is 0 Å². The summed E-state index contributed by atoms with van der Waals surface area (Å²) in [5.74, 6) is 5.84. The number of rotatable bonds is 2. The van der Waals surface area contributed by atoms with Crippen LogP contribution in [0.1, 0.15) is 39.7 Å². The lowest BCUT2D eigenvalue weighted by Crippen LogP contribution is -2.37. The van der Waals surface area contributed by atoms with E-state index in [0.29, 0.717) is 12.0 Å². The molecule has 0 bridgehead atoms. The van der Waals surface area contributed by atoms with Gasteiger partial charge in [-0.2, -0.15) is 4.98 Å². The second-order valence-electron chi connectivity index (χ2n) is 5.49. The van der Waals surface area contributed by atoms with Crippen molar-refractivity contribution in [3.8, 4) is 11.8 Å². The average Bonchev–Trinajstić information content (AvgIpc) is 2.29. The van der Waals surface area contributed by atoms with Crippen molar-refractivity contribution in [2.75, 3.05) is 5.73 Å². The molecule has 0 aromatic carbocycles. The highest BCUT2D eigenvalue weighted by Gasteiger charge is 2.17. The molecule has 114 valence electrons. The van der Waals surface area contributed by atoms with Crippen LogP contribution in [0.2, 0.25) is 5.15 Å². The first kappa shape index (κ1) is 17.1. The number of nitrogen functional groups attached to an aromatic ring is 1. The second kappa shape index (κ2) is 7.14. The Labute approximate surface area is 129 Å². The van der Waals surface area contributed by atoms with Crippen molar-refractivity contribution >= 4 is 23.6 Å². The summed E-state index contributed by atoms with van der Waals surface area (Å²) >= 11 is 5.88. The predicted molar refractivity (Wildman–Crippen MR) is 81.8 cm³/mol. The van der Waals surface area contributed by atoms with Gasteiger partial charge in [-0.05, 0) is 27.7 Å². The topological polar surface area (TPSA) is 90.1 Å². The second-order valence-corrected chi connectivity index (χ2v) is 5.84. The number of ether oxygens (including phenoxy) is 1. The number of aromatic nitrogens is 2. The Morgan fingerprint density at radius 1 is 1.57 bits per heavy atom. The van der Waals surface area contributed by atoms with Crippen LogP contribution >= 0.6 is 11.6 Å². The van der Waals surface area contributed by atoms with Gasteiger partial charge in [0.15, 0.2) is 0 Å². The zero-order valence-corrected chi connectivity index (χ0v) is 13.3. The highest BCUT2D eigenvalue weighted by molar-refractivity contribution is 6.30. The number of alkyl carbamates (subject to hydrolysis) is 1. The maximum Gasteiger partial charge on any atom is 0.407 e. The van der Waals surface area contributed by atoms with Gasteiger partial charge in [-0.25, -0.2) is 9.78 Å². The number of nitrogens with two attached hydrogens (primary N) is 1. The molecule has 0 fully saturated rings. The van der Waals surface area contributed by atoms with Gasteiger partial charge in [-0.3, -0.25) is 0 Å². The van der Waals surface area contributed by atoms with Crippen molar-refractivity contribution in [1.82, 2.24) is 15.3 Å². The summed E-state index contributed by atoms with van der Waals surface area (Å²) in [5, 5.41) is 2.91. The maximum absolute atomic E-state index is 11.6. The van der Waals surface area contributed by atoms with E-state index in [1.807, 2.05) is 6.92 Å². The Hall–Kier alpha value is -2.00. The highest BCUT2D eigenvalue weighted by atomic mass is 35.5. The van der Waals surface area contributed by atoms with E-state index < -0.39 is 11.7 Å². The standard InChI is InChI=1S/C14H19ClN4O2/c1-9(18-13(20)21-14(2,3)4)6-5-7-10-8-17-12(16)19-11(10)15/h8-9H,6H2,1-4H3,(H,18,20)(H2,16,17,19)/t9-/m0/s1. The predicted octanol–water partition coefficient (Wildman–Crippen LogP) is 2.37. The monoisotopic (exact) mass is 310 g/mol. The van der Waals surface area contributed by atoms with Gasteiger partial charge in [-0.1, -0.05) is 23.4 Å². The summed E-state index contributed by atoms with van der Waals surface area (Å²) < 4.78 is 5.15. The lowest BCUT2D eigenvalue weighted by molar-refractivity contribution is 0.0509. The summed E-state index contributed by atoms with van der Waals surface area (Å²) in [7, 11) is 0. The summed E-state index contributed by atoms with van der Waals surface area (Å²) in [6.07, 6.45) is 1.44. The molecule has 0 unspecified atom stereocenters. The number of hydrogen-bond donors (Lipinski definition) is 2. The van der Waals surface area contributed by atoms with Gasteiger partial charge in [-0.15, -0.1) is 0 Å². The van der Waals surface area contributed by atoms with Gasteiger partial charge in [0, 0.05) is 18.7 Å². The molecule has 1 atom stereocenters. The number of nitrogens with one attached hydrogen (secondary N) is 1. The van der Waals surface area contributed by atoms with E-state index in [9.17, 15) is 4.79 Å². The minimum Gasteiger partial charge on any atom is -0.444 e. The van der Waals surface area contributed by atoms with E-state index in [-0.39, 0.29) is 17.1 Å². The molecule has 6 nitrogen and oxygen atoms in total. The molecule has 0 aliphatic heterocycles. The number of carbonyl (C=O) groups is 1. The third kappa shape index (κ3) is 6.82. The lowest BCUT2D eigenvalue weighted by Gasteiger charge is -2.21. The first-order valence-corrected chi connectivity index (χ1v) is 6.81. The molecule has 21 heavy (non-hydrogen) atoms. The fourth-order valence-electron chi connectivity index (χ4n) is 1.32. The summed E-state index contributed by atoms with van der Waals surface area (Å²) in [4.78, 5) is 19.2. The fraction of sp³-hybridized carbons (Fsp3) is 0.500. The summed E-state index contributed by atoms with van der Waals surface area (Å²) in [6, 6.07) is -0.152. The quantitative estimate of drug-likeness (QED) is 0.646. The van der Waals surface area contributed by atoms with Gasteiger partial charge in [0.1, 0.15) is 10.8 Å². The molecule has 3 N–H and O–H groups in total. The molecule has 0 saturated carbocycles. The largest absolute Gasteiger partial charge is 0.444 e. The van der Waals surface area contributed by atoms with Gasteiger partial charge >= 0.3 is 6.09 Å². The average molecular weight is 311 g/mol. The van der Waals surface area contributed by atoms with Crippen LogP contribution in [-0.2, 0) is 4.74 Å². The molecule has 1 amide bonds. The third-order valence-electron chi connectivity index (χ3n) is 2.16. The Morgan fingerprint density at radius 2 is 2.24 bits per heavy atom. The summed E-state index contributed by atoms with van der Waals surface area (Å²) in [5.41, 5.74) is 5.37. The van der Waals surface area contributed by atoms with Crippen LogP contribution in [0.3, 0.4) is 0 Å². The Kier molecular flexibility index (Phi) is 5.79. The maximum atomic E-state index is 11.6. The zero-order chi connectivity index (χ0) is 16.0. The van der Waals surface area contributed by atoms with Crippen LogP contribution < -0.4 is 11.1 Å². The highest BCUT2D eigenvalue weighted by Crippen LogP contribution is 2.11. The molecule has 1 aromatic heterocycles. The zero-order valence-electron chi connectivity index (χ0n) is 12.5. The molecule has 0 radical (unpaired) electrons. The van der Waals surface area contributed by atoms with Gasteiger partial charge in [0.05, 0.1) is 5.56 Å². The molecule has 1 rings (SSSR count). The van der Waals surface area contributed by atoms with Crippen molar-refractivity contribution in [3.63, 3.8) is 0 Å². The van der Waals surface area contributed by atoms with Crippen molar-refractivity contribution in [1.29, 1.82) is 0 Å². The summed E-state index contributed by atoms with van der Waals surface area (Å²) in [6.45, 7) is 7.25. The Balaban J connectivity index is 2.52. The van der Waals surface area contributed by atoms with Gasteiger partial charge in [0.2, 0.25) is 5.95 Å². The number of nitrogens with zero attached hydrogens (tertiary/aromatic N) is 2. The Morgan fingerprint density at radius 3 is 2.81 bits per heavy atom. The lowest BCUT2D eigenvalue weighted by atomic mass is 10.2. The molecular formula is C14H19ClN4O2. The van der Waals surface area contributed by atoms with E-state index in [2.05, 4.69) is 27.1 Å². The number of halogens is 1. The van der Waals surface area contributed by atoms with Crippen molar-refractivity contribution < 1.29 is 9.53 Å². The van der Waals surface area contributed by atoms with Crippen molar-refractivity contribution in [3.05, 3.63) is 16.9 Å². The van der Waals surface area contributed by atoms with E-state index in [1.54, 1.807) is 20.8 Å². The van der Waals surface area contributed by atoms with E-state index in [4.69, 9.17) is 22.1 Å². The smallest absolute Gasteiger partial charge is 0.407 e. The fourth-order valence-corrected chi connectivity index (χ4v) is 1.50. The molecule has 0 saturated heterocycles. The number of carbonyl (C=O) groups excluding carboxylic acids is 1. The molecule has 0 spiro atoms. The molecule has 1 heterocycles. The van der Waals surface area contributed by atoms with E-state index in [1.165, 1.54) is 6.20 Å². The SMILES string of the molecule is C[C@@H](CC#Cc1cnc(N)nc1Cl)NC(=O)OC(C)(C)C. The van der Waals surface area contributed by atoms with E-state index >= 15 is 0 Å². The normalized spacial score (nSPS) is 12.0. The van der Waals surface area contributed by atoms with Crippen LogP contribution in [0.4, 0.5) is 10.7 Å². The van der Waals surface area contributed by atoms with Gasteiger partial charge < -0.3 is 15.8 Å². The third-order valence-corrected chi connectivity index (χ3v) is 2.44. The number of anilines is 1. The van der Waals surface area contributed by atoms with Crippen LogP contribution in [-0.4, -0.2) is 27.7 Å². The molecule has 1 aromatic rings. The number of amides is 1. The van der Waals surface area contributed by atoms with Crippen molar-refractivity contribution in [2.24, 2.45) is 0 Å². The van der Waals surface area contributed by atoms with Crippen molar-refractivity contribution in [2.45, 2.75) is 45.8 Å². The van der Waals surface area contributed by atoms with Gasteiger partial charge in [0.25, 0.3) is 0 Å². The minimum atomic E-state index is -0.523. The number of hydrogen-bond acceptors (Lipinski definition) is 5. The Bertz CT molecular complexity index is 573. The molecule has 7 heteroatoms. The molecule has 0 aliphatic carbocycles. The van der Waals surface area contributed by atoms with E-state index in [0.717, 1.165) is 0 Å². The first-order valence-electron chi connectivity index (χ1n) is 6.44. The molecular weight excluding hydrogens is 292 g/mol. The van der Waals surface area contributed by atoms with Crippen LogP contribution in [0.15, 0.2) is 6.20 Å². The first-order chi connectivity index (χ1) is 9.67.